The van der Waals surface area contributed by atoms with Crippen molar-refractivity contribution in [3.8, 4) is 0 Å². The van der Waals surface area contributed by atoms with Crippen LogP contribution in [0.15, 0.2) is 29.3 Å². The highest BCUT2D eigenvalue weighted by Gasteiger charge is 2.25. The van der Waals surface area contributed by atoms with Gasteiger partial charge < -0.3 is 4.74 Å². The number of nitrogens with zero attached hydrogens (tertiary/aromatic N) is 1. The van der Waals surface area contributed by atoms with E-state index >= 15 is 0 Å². The number of benzene rings is 1. The Labute approximate surface area is 76.6 Å². The van der Waals surface area contributed by atoms with E-state index < -0.39 is 0 Å². The first-order valence-electron chi connectivity index (χ1n) is 4.72. The van der Waals surface area contributed by atoms with Crippen molar-refractivity contribution < 1.29 is 4.74 Å². The Hall–Kier alpha value is -1.31. The molecule has 0 radical (unpaired) electrons. The zero-order valence-corrected chi connectivity index (χ0v) is 7.36. The number of rotatable bonds is 0. The second-order valence-electron chi connectivity index (χ2n) is 3.56. The average molecular weight is 173 g/mol. The Morgan fingerprint density at radius 1 is 1.31 bits per heavy atom. The van der Waals surface area contributed by atoms with E-state index in [1.165, 1.54) is 11.0 Å². The topological polar surface area (TPSA) is 21.6 Å². The summed E-state index contributed by atoms with van der Waals surface area (Å²) in [5.74, 6) is 1.72. The van der Waals surface area contributed by atoms with Crippen molar-refractivity contribution >= 4 is 5.76 Å². The molecule has 13 heavy (non-hydrogen) atoms. The summed E-state index contributed by atoms with van der Waals surface area (Å²) in [4.78, 5) is 4.53. The van der Waals surface area contributed by atoms with Crippen LogP contribution in [-0.4, -0.2) is 13.2 Å². The molecule has 2 aliphatic rings. The van der Waals surface area contributed by atoms with Crippen molar-refractivity contribution in [3.05, 3.63) is 34.8 Å². The van der Waals surface area contributed by atoms with Crippen LogP contribution in [0.5, 0.6) is 0 Å². The van der Waals surface area contributed by atoms with Crippen LogP contribution in [0.3, 0.4) is 0 Å². The molecule has 0 spiro atoms. The minimum Gasteiger partial charge on any atom is -0.497 e. The van der Waals surface area contributed by atoms with Gasteiger partial charge in [-0.05, 0) is 18.6 Å². The average Bonchev–Trinajstić information content (AvgIpc) is 2.65. The fraction of sp³-hybridized carbons (Fsp3) is 0.364. The summed E-state index contributed by atoms with van der Waals surface area (Å²) < 4.78 is 5.64. The maximum absolute atomic E-state index is 5.64. The first-order chi connectivity index (χ1) is 6.45. The molecule has 1 atom stereocenters. The van der Waals surface area contributed by atoms with E-state index in [1.54, 1.807) is 0 Å². The summed E-state index contributed by atoms with van der Waals surface area (Å²) in [6.07, 6.45) is 1.13. The molecule has 66 valence electrons. The summed E-state index contributed by atoms with van der Waals surface area (Å²) in [6, 6.07) is 8.23. The van der Waals surface area contributed by atoms with Crippen LogP contribution in [0.4, 0.5) is 0 Å². The van der Waals surface area contributed by atoms with Crippen molar-refractivity contribution in [2.24, 2.45) is 10.9 Å². The second-order valence-corrected chi connectivity index (χ2v) is 3.56. The highest BCUT2D eigenvalue weighted by Crippen LogP contribution is 2.25. The predicted octanol–water partition coefficient (Wildman–Crippen LogP) is 0.464. The summed E-state index contributed by atoms with van der Waals surface area (Å²) >= 11 is 0. The maximum atomic E-state index is 5.64. The number of hydrogen-bond donors (Lipinski definition) is 0. The van der Waals surface area contributed by atoms with Crippen LogP contribution in [0, 0.1) is 5.92 Å². The van der Waals surface area contributed by atoms with Crippen molar-refractivity contribution in [1.82, 2.24) is 0 Å². The van der Waals surface area contributed by atoms with E-state index in [0.717, 1.165) is 24.9 Å². The quantitative estimate of drug-likeness (QED) is 0.558. The molecule has 0 bridgehead atoms. The molecule has 1 aromatic carbocycles. The largest absolute Gasteiger partial charge is 0.497 e. The fourth-order valence-corrected chi connectivity index (χ4v) is 2.06. The van der Waals surface area contributed by atoms with E-state index in [0.29, 0.717) is 5.92 Å². The molecule has 2 nitrogen and oxygen atoms in total. The molecule has 2 heteroatoms. The van der Waals surface area contributed by atoms with Gasteiger partial charge in [-0.15, -0.1) is 0 Å². The first-order valence-corrected chi connectivity index (χ1v) is 4.72. The summed E-state index contributed by atoms with van der Waals surface area (Å²) in [5, 5.41) is 2.30. The molecule has 0 aliphatic carbocycles. The van der Waals surface area contributed by atoms with E-state index in [9.17, 15) is 0 Å². The van der Waals surface area contributed by atoms with Gasteiger partial charge in [0.15, 0.2) is 0 Å². The van der Waals surface area contributed by atoms with E-state index in [-0.39, 0.29) is 0 Å². The predicted molar refractivity (Wildman–Crippen MR) is 49.6 cm³/mol. The third-order valence-electron chi connectivity index (χ3n) is 2.75. The molecule has 0 amide bonds. The lowest BCUT2D eigenvalue weighted by Crippen LogP contribution is -2.33. The zero-order valence-electron chi connectivity index (χ0n) is 7.36. The SMILES string of the molecule is c1ccc2c(c1)=NCC1CCOC=21. The van der Waals surface area contributed by atoms with Crippen LogP contribution in [0.1, 0.15) is 6.42 Å². The molecular formula is C11H11NO. The smallest absolute Gasteiger partial charge is 0.110 e. The molecule has 3 rings (SSSR count). The molecule has 2 aliphatic heterocycles. The van der Waals surface area contributed by atoms with Gasteiger partial charge in [-0.25, -0.2) is 0 Å². The number of fused-ring (bicyclic) bond motifs is 2. The van der Waals surface area contributed by atoms with Gasteiger partial charge in [-0.1, -0.05) is 12.1 Å². The van der Waals surface area contributed by atoms with Gasteiger partial charge >= 0.3 is 0 Å². The highest BCUT2D eigenvalue weighted by atomic mass is 16.5. The first kappa shape index (κ1) is 7.13. The third-order valence-corrected chi connectivity index (χ3v) is 2.75. The van der Waals surface area contributed by atoms with Crippen molar-refractivity contribution in [2.45, 2.75) is 6.42 Å². The maximum Gasteiger partial charge on any atom is 0.110 e. The molecular weight excluding hydrogens is 162 g/mol. The molecule has 1 aromatic rings. The Bertz CT molecular complexity index is 449. The second kappa shape index (κ2) is 2.59. The van der Waals surface area contributed by atoms with Crippen LogP contribution in [0.2, 0.25) is 0 Å². The number of hydrogen-bond acceptors (Lipinski definition) is 2. The standard InChI is InChI=1S/C11H11NO/c1-2-4-10-9(3-1)11-8(7-12-10)5-6-13-11/h1-4,8H,5-7H2. The Balaban J connectivity index is 2.38. The summed E-state index contributed by atoms with van der Waals surface area (Å²) in [7, 11) is 0. The van der Waals surface area contributed by atoms with Gasteiger partial charge in [0.25, 0.3) is 0 Å². The van der Waals surface area contributed by atoms with Crippen LogP contribution < -0.4 is 10.6 Å². The normalized spacial score (nSPS) is 24.3. The van der Waals surface area contributed by atoms with E-state index in [1.807, 2.05) is 12.1 Å². The lowest BCUT2D eigenvalue weighted by Gasteiger charge is -2.11. The van der Waals surface area contributed by atoms with Gasteiger partial charge in [0, 0.05) is 17.7 Å². The Morgan fingerprint density at radius 2 is 2.23 bits per heavy atom. The monoisotopic (exact) mass is 173 g/mol. The lowest BCUT2D eigenvalue weighted by atomic mass is 10.0. The van der Waals surface area contributed by atoms with Gasteiger partial charge in [-0.3, -0.25) is 4.99 Å². The number of para-hydroxylation sites is 1. The zero-order chi connectivity index (χ0) is 8.67. The van der Waals surface area contributed by atoms with Gasteiger partial charge in [0.05, 0.1) is 12.0 Å². The van der Waals surface area contributed by atoms with E-state index in [4.69, 9.17) is 4.74 Å². The summed E-state index contributed by atoms with van der Waals surface area (Å²) in [5.41, 5.74) is 0. The fourth-order valence-electron chi connectivity index (χ4n) is 2.06. The van der Waals surface area contributed by atoms with Crippen molar-refractivity contribution in [1.29, 1.82) is 0 Å². The van der Waals surface area contributed by atoms with Crippen LogP contribution in [-0.2, 0) is 4.74 Å². The minimum absolute atomic E-state index is 0.551. The van der Waals surface area contributed by atoms with Gasteiger partial charge in [0.1, 0.15) is 5.76 Å². The van der Waals surface area contributed by atoms with Crippen LogP contribution in [0.25, 0.3) is 5.76 Å². The Kier molecular flexibility index (Phi) is 1.42. The Morgan fingerprint density at radius 3 is 3.23 bits per heavy atom. The lowest BCUT2D eigenvalue weighted by molar-refractivity contribution is 0.314. The molecule has 0 saturated carbocycles. The minimum atomic E-state index is 0.551. The molecule has 1 unspecified atom stereocenters. The number of ether oxygens (including phenoxy) is 1. The van der Waals surface area contributed by atoms with Gasteiger partial charge in [0.2, 0.25) is 0 Å². The molecule has 1 fully saturated rings. The van der Waals surface area contributed by atoms with Crippen LogP contribution >= 0.6 is 0 Å². The van der Waals surface area contributed by atoms with Crippen molar-refractivity contribution in [2.75, 3.05) is 13.2 Å². The molecule has 2 heterocycles. The molecule has 0 N–H and O–H groups in total. The molecule has 0 aromatic heterocycles. The van der Waals surface area contributed by atoms with Crippen molar-refractivity contribution in [3.63, 3.8) is 0 Å². The molecule has 1 saturated heterocycles. The van der Waals surface area contributed by atoms with Gasteiger partial charge in [-0.2, -0.15) is 0 Å². The summed E-state index contributed by atoms with van der Waals surface area (Å²) in [6.45, 7) is 1.77. The highest BCUT2D eigenvalue weighted by molar-refractivity contribution is 5.43. The van der Waals surface area contributed by atoms with E-state index in [2.05, 4.69) is 17.1 Å². The third kappa shape index (κ3) is 0.981.